The molecule has 0 spiro atoms. The summed E-state index contributed by atoms with van der Waals surface area (Å²) >= 11 is 0. The first-order valence-electron chi connectivity index (χ1n) is 18.2. The van der Waals surface area contributed by atoms with Crippen molar-refractivity contribution < 1.29 is 4.42 Å². The van der Waals surface area contributed by atoms with E-state index in [0.717, 1.165) is 102 Å². The van der Waals surface area contributed by atoms with Crippen LogP contribution in [0, 0.1) is 0 Å². The molecule has 0 N–H and O–H groups in total. The Balaban J connectivity index is 0.00000384. The monoisotopic (exact) mass is 703 g/mol. The summed E-state index contributed by atoms with van der Waals surface area (Å²) in [6, 6.07) is 32.1. The van der Waals surface area contributed by atoms with Crippen LogP contribution in [0.4, 0.5) is 5.69 Å². The maximum atomic E-state index is 7.12. The van der Waals surface area contributed by atoms with Gasteiger partial charge in [-0.2, -0.15) is 0 Å². The van der Waals surface area contributed by atoms with E-state index in [4.69, 9.17) is 14.4 Å². The van der Waals surface area contributed by atoms with Gasteiger partial charge < -0.3 is 18.5 Å². The van der Waals surface area contributed by atoms with Crippen molar-refractivity contribution in [3.05, 3.63) is 157 Å². The average molecular weight is 704 g/mol. The number of nitrogens with zero attached hydrogens (tertiary/aromatic N) is 5. The van der Waals surface area contributed by atoms with Crippen molar-refractivity contribution in [1.29, 1.82) is 0 Å². The number of benzene rings is 4. The summed E-state index contributed by atoms with van der Waals surface area (Å²) in [5.41, 5.74) is 13.8. The van der Waals surface area contributed by atoms with Gasteiger partial charge in [-0.05, 0) is 78.6 Å². The summed E-state index contributed by atoms with van der Waals surface area (Å²) in [5, 5.41) is 4.36. The van der Waals surface area contributed by atoms with Gasteiger partial charge in [-0.1, -0.05) is 92.9 Å². The fraction of sp³-hybridized carbons (Fsp3) is 0.125. The Labute approximate surface area is 314 Å². The second-order valence-electron chi connectivity index (χ2n) is 13.8. The lowest BCUT2D eigenvalue weighted by Gasteiger charge is -2.22. The van der Waals surface area contributed by atoms with Crippen LogP contribution in [-0.4, -0.2) is 33.9 Å². The van der Waals surface area contributed by atoms with Crippen LogP contribution >= 0.6 is 0 Å². The number of pyridine rings is 1. The molecule has 0 unspecified atom stereocenters. The van der Waals surface area contributed by atoms with Gasteiger partial charge in [-0.3, -0.25) is 9.98 Å². The topological polar surface area (TPSA) is 51.5 Å². The minimum absolute atomic E-state index is 0. The van der Waals surface area contributed by atoms with Gasteiger partial charge in [-0.15, -0.1) is 0 Å². The molecule has 0 radical (unpaired) electrons. The van der Waals surface area contributed by atoms with Crippen LogP contribution in [0.2, 0.25) is 0 Å². The molecule has 10 rings (SSSR count). The number of likely N-dealkylation sites (N-methyl/N-ethyl adjacent to an activating group) is 1. The number of furan rings is 1. The molecule has 2 aliphatic rings. The van der Waals surface area contributed by atoms with E-state index in [9.17, 15) is 0 Å². The summed E-state index contributed by atoms with van der Waals surface area (Å²) in [5.74, 6) is 0. The van der Waals surface area contributed by atoms with Gasteiger partial charge >= 0.3 is 0 Å². The summed E-state index contributed by atoms with van der Waals surface area (Å²) in [6.45, 7) is 5.60. The fourth-order valence-electron chi connectivity index (χ4n) is 8.24. The van der Waals surface area contributed by atoms with E-state index in [1.54, 1.807) is 0 Å². The maximum Gasteiger partial charge on any atom is 0.147 e. The minimum Gasteiger partial charge on any atom is -0.454 e. The lowest BCUT2D eigenvalue weighted by molar-refractivity contribution is 0.676. The molecular formula is C48H41N5O. The van der Waals surface area contributed by atoms with Gasteiger partial charge in [0, 0.05) is 54.6 Å². The van der Waals surface area contributed by atoms with Gasteiger partial charge in [0.2, 0.25) is 0 Å². The van der Waals surface area contributed by atoms with Crippen LogP contribution in [0.5, 0.6) is 0 Å². The molecule has 6 heteroatoms. The van der Waals surface area contributed by atoms with E-state index >= 15 is 0 Å². The number of aromatic nitrogens is 3. The summed E-state index contributed by atoms with van der Waals surface area (Å²) < 4.78 is 11.8. The first-order chi connectivity index (χ1) is 26.2. The predicted molar refractivity (Wildman–Crippen MR) is 230 cm³/mol. The third kappa shape index (κ3) is 5.17. The smallest absolute Gasteiger partial charge is 0.147 e. The fourth-order valence-corrected chi connectivity index (χ4v) is 8.24. The Bertz CT molecular complexity index is 2930. The Kier molecular flexibility index (Phi) is 8.23. The Morgan fingerprint density at radius 3 is 2.52 bits per heavy atom. The molecule has 8 aromatic rings. The van der Waals surface area contributed by atoms with E-state index in [1.165, 1.54) is 11.4 Å². The lowest BCUT2D eigenvalue weighted by Crippen LogP contribution is -2.20. The van der Waals surface area contributed by atoms with Crippen LogP contribution in [0.1, 0.15) is 37.1 Å². The molecule has 0 amide bonds. The van der Waals surface area contributed by atoms with E-state index in [0.29, 0.717) is 6.54 Å². The van der Waals surface area contributed by atoms with Crippen molar-refractivity contribution in [2.24, 2.45) is 4.99 Å². The van der Waals surface area contributed by atoms with Crippen LogP contribution < -0.4 is 4.90 Å². The highest BCUT2D eigenvalue weighted by atomic mass is 16.3. The molecule has 4 aromatic carbocycles. The zero-order valence-corrected chi connectivity index (χ0v) is 29.5. The average Bonchev–Trinajstić information content (AvgIpc) is 3.87. The lowest BCUT2D eigenvalue weighted by atomic mass is 10.1. The number of hydrogen-bond acceptors (Lipinski definition) is 4. The van der Waals surface area contributed by atoms with Gasteiger partial charge in [-0.25, -0.2) is 0 Å². The summed E-state index contributed by atoms with van der Waals surface area (Å²) in [7, 11) is 2.17. The van der Waals surface area contributed by atoms with Crippen LogP contribution in [0.15, 0.2) is 150 Å². The van der Waals surface area contributed by atoms with E-state index in [1.807, 2.05) is 30.6 Å². The van der Waals surface area contributed by atoms with Crippen LogP contribution in [-0.2, 0) is 6.54 Å². The molecule has 6 nitrogen and oxygen atoms in total. The molecule has 4 aromatic heterocycles. The Hall–Kier alpha value is -6.66. The van der Waals surface area contributed by atoms with Crippen molar-refractivity contribution >= 4 is 84.0 Å². The second kappa shape index (κ2) is 13.4. The normalized spacial score (nSPS) is 14.5. The van der Waals surface area contributed by atoms with Gasteiger partial charge in [0.25, 0.3) is 0 Å². The van der Waals surface area contributed by atoms with Crippen molar-refractivity contribution in [2.45, 2.75) is 26.8 Å². The molecule has 264 valence electrons. The molecule has 0 aliphatic carbocycles. The number of anilines is 1. The zero-order valence-electron chi connectivity index (χ0n) is 29.5. The zero-order chi connectivity index (χ0) is 35.5. The van der Waals surface area contributed by atoms with Crippen molar-refractivity contribution in [1.82, 2.24) is 14.1 Å². The maximum absolute atomic E-state index is 7.12. The number of rotatable bonds is 7. The number of allylic oxidation sites excluding steroid dienone is 6. The SMILES string of the molecule is C.C=C/C(=C\C=C/Cn1c2c(c3c4oc5c(ccc6c5c5ncccc5n6-c5cccc(C6=CCCC=N6)c5)c4ccc31)N(C)CC=C2)c1ccccc1. The standard InChI is InChI=1S/C47H37N5O.CH4/c1-3-31(32-15-5-4-6-16-32)14-8-10-29-51-38-24-22-36-35-23-25-39-42(46(35)53-47(36)43(38)45-41(51)21-13-28-50(45)2)44-40(20-12-27-49-44)52(39)34-18-11-17-33(30-34)37-19-7-9-26-48-37;/h3-6,8,10-27,30H,1,7,9,28-29H2,2H3;1H4/b10-8-,31-14+;. The van der Waals surface area contributed by atoms with Gasteiger partial charge in [0.15, 0.2) is 0 Å². The second-order valence-corrected chi connectivity index (χ2v) is 13.8. The molecule has 2 aliphatic heterocycles. The summed E-state index contributed by atoms with van der Waals surface area (Å²) in [6.07, 6.45) is 21.0. The first-order valence-corrected chi connectivity index (χ1v) is 18.2. The van der Waals surface area contributed by atoms with E-state index in [-0.39, 0.29) is 7.43 Å². The highest BCUT2D eigenvalue weighted by Gasteiger charge is 2.26. The van der Waals surface area contributed by atoms with Gasteiger partial charge in [0.05, 0.1) is 44.4 Å². The van der Waals surface area contributed by atoms with Crippen molar-refractivity contribution in [3.63, 3.8) is 0 Å². The quantitative estimate of drug-likeness (QED) is 0.155. The third-order valence-corrected chi connectivity index (χ3v) is 10.7. The number of aliphatic imine (C=N–C) groups is 1. The summed E-state index contributed by atoms with van der Waals surface area (Å²) in [4.78, 5) is 12.0. The van der Waals surface area contributed by atoms with Gasteiger partial charge in [0.1, 0.15) is 16.7 Å². The molecule has 0 saturated carbocycles. The predicted octanol–water partition coefficient (Wildman–Crippen LogP) is 12.2. The van der Waals surface area contributed by atoms with Crippen LogP contribution in [0.25, 0.3) is 77.8 Å². The molecule has 54 heavy (non-hydrogen) atoms. The molecule has 0 saturated heterocycles. The van der Waals surface area contributed by atoms with E-state index in [2.05, 4.69) is 143 Å². The minimum atomic E-state index is 0. The number of hydrogen-bond donors (Lipinski definition) is 0. The molecule has 6 heterocycles. The Morgan fingerprint density at radius 2 is 1.70 bits per heavy atom. The van der Waals surface area contributed by atoms with Crippen molar-refractivity contribution in [3.8, 4) is 5.69 Å². The van der Waals surface area contributed by atoms with Crippen molar-refractivity contribution in [2.75, 3.05) is 18.5 Å². The number of fused-ring (bicyclic) bond motifs is 11. The highest BCUT2D eigenvalue weighted by Crippen LogP contribution is 2.46. The molecular weight excluding hydrogens is 663 g/mol. The highest BCUT2D eigenvalue weighted by molar-refractivity contribution is 6.26. The first kappa shape index (κ1) is 33.2. The van der Waals surface area contributed by atoms with E-state index < -0.39 is 0 Å². The Morgan fingerprint density at radius 1 is 0.870 bits per heavy atom. The van der Waals surface area contributed by atoms with Crippen LogP contribution in [0.3, 0.4) is 0 Å². The third-order valence-electron chi connectivity index (χ3n) is 10.7. The molecule has 0 bridgehead atoms. The molecule has 0 fully saturated rings. The molecule has 0 atom stereocenters. The largest absolute Gasteiger partial charge is 0.454 e.